The van der Waals surface area contributed by atoms with Gasteiger partial charge < -0.3 is 10.0 Å². The molecule has 2 fully saturated rings. The molecule has 0 atom stereocenters. The summed E-state index contributed by atoms with van der Waals surface area (Å²) < 4.78 is 0. The number of likely N-dealkylation sites (tertiary alicyclic amines) is 1. The van der Waals surface area contributed by atoms with Crippen LogP contribution in [-0.2, 0) is 5.41 Å². The van der Waals surface area contributed by atoms with Crippen molar-refractivity contribution in [1.29, 1.82) is 0 Å². The molecule has 2 aromatic rings. The van der Waals surface area contributed by atoms with Gasteiger partial charge in [0, 0.05) is 24.5 Å². The van der Waals surface area contributed by atoms with Crippen LogP contribution in [0.15, 0.2) is 48.5 Å². The molecule has 2 aromatic carbocycles. The average Bonchev–Trinajstić information content (AvgIpc) is 3.32. The predicted molar refractivity (Wildman–Crippen MR) is 122 cm³/mol. The highest BCUT2D eigenvalue weighted by Gasteiger charge is 2.53. The zero-order valence-corrected chi connectivity index (χ0v) is 18.2. The second-order valence-electron chi connectivity index (χ2n) is 10.6. The quantitative estimate of drug-likeness (QED) is 0.734. The van der Waals surface area contributed by atoms with Gasteiger partial charge in [0.15, 0.2) is 0 Å². The van der Waals surface area contributed by atoms with Gasteiger partial charge in [0.2, 0.25) is 0 Å². The second-order valence-corrected chi connectivity index (χ2v) is 10.6. The molecule has 4 aliphatic rings. The first kappa shape index (κ1) is 19.1. The Labute approximate surface area is 181 Å². The van der Waals surface area contributed by atoms with E-state index in [1.54, 1.807) is 22.3 Å². The van der Waals surface area contributed by atoms with E-state index >= 15 is 0 Å². The van der Waals surface area contributed by atoms with Crippen LogP contribution < -0.4 is 0 Å². The number of benzene rings is 2. The lowest BCUT2D eigenvalue weighted by molar-refractivity contribution is -0.00934. The molecule has 30 heavy (non-hydrogen) atoms. The van der Waals surface area contributed by atoms with Gasteiger partial charge in [-0.3, -0.25) is 0 Å². The minimum absolute atomic E-state index is 0.185. The van der Waals surface area contributed by atoms with Gasteiger partial charge >= 0.3 is 0 Å². The second kappa shape index (κ2) is 7.21. The Morgan fingerprint density at radius 2 is 1.43 bits per heavy atom. The third kappa shape index (κ3) is 2.69. The molecule has 0 unspecified atom stereocenters. The van der Waals surface area contributed by atoms with Gasteiger partial charge in [0.05, 0.1) is 0 Å². The minimum atomic E-state index is 0.185. The first-order valence-corrected chi connectivity index (χ1v) is 12.3. The number of nitrogens with zero attached hydrogens (tertiary/aromatic N) is 1. The Bertz CT molecular complexity index is 872. The summed E-state index contributed by atoms with van der Waals surface area (Å²) in [4.78, 5) is 2.76. The highest BCUT2D eigenvalue weighted by Crippen LogP contribution is 2.60. The van der Waals surface area contributed by atoms with Crippen LogP contribution in [0.3, 0.4) is 0 Å². The van der Waals surface area contributed by atoms with Gasteiger partial charge in [-0.2, -0.15) is 0 Å². The first-order chi connectivity index (χ1) is 14.8. The predicted octanol–water partition coefficient (Wildman–Crippen LogP) is 5.48. The van der Waals surface area contributed by atoms with E-state index in [1.807, 2.05) is 0 Å². The fourth-order valence-electron chi connectivity index (χ4n) is 7.85. The zero-order chi connectivity index (χ0) is 20.2. The minimum Gasteiger partial charge on any atom is -0.396 e. The fraction of sp³-hybridized carbons (Fsp3) is 0.571. The van der Waals surface area contributed by atoms with Gasteiger partial charge in [-0.05, 0) is 78.8 Å². The van der Waals surface area contributed by atoms with Crippen LogP contribution in [0.25, 0.3) is 0 Å². The molecule has 1 N–H and O–H groups in total. The average molecular weight is 402 g/mol. The van der Waals surface area contributed by atoms with Crippen molar-refractivity contribution in [3.05, 3.63) is 70.8 Å². The highest BCUT2D eigenvalue weighted by molar-refractivity contribution is 5.62. The number of hydrogen-bond acceptors (Lipinski definition) is 2. The van der Waals surface area contributed by atoms with Crippen molar-refractivity contribution >= 4 is 0 Å². The Kier molecular flexibility index (Phi) is 4.58. The Morgan fingerprint density at radius 3 is 2.03 bits per heavy atom. The molecular weight excluding hydrogens is 366 g/mol. The van der Waals surface area contributed by atoms with E-state index in [-0.39, 0.29) is 10.8 Å². The van der Waals surface area contributed by atoms with E-state index in [4.69, 9.17) is 0 Å². The molecular formula is C28H35NO. The van der Waals surface area contributed by atoms with Crippen LogP contribution >= 0.6 is 0 Å². The summed E-state index contributed by atoms with van der Waals surface area (Å²) in [6.45, 7) is 3.97. The zero-order valence-electron chi connectivity index (χ0n) is 18.2. The molecule has 0 spiro atoms. The molecule has 1 saturated carbocycles. The lowest BCUT2D eigenvalue weighted by Gasteiger charge is -2.47. The summed E-state index contributed by atoms with van der Waals surface area (Å²) in [6.07, 6.45) is 10.3. The summed E-state index contributed by atoms with van der Waals surface area (Å²) in [5, 5.41) is 10.3. The van der Waals surface area contributed by atoms with Crippen molar-refractivity contribution in [2.45, 2.75) is 62.7 Å². The maximum Gasteiger partial charge on any atom is 0.0490 e. The van der Waals surface area contributed by atoms with Crippen LogP contribution in [0.5, 0.6) is 0 Å². The molecule has 0 aromatic heterocycles. The van der Waals surface area contributed by atoms with Crippen LogP contribution in [0.4, 0.5) is 0 Å². The molecule has 2 heteroatoms. The van der Waals surface area contributed by atoms with Crippen molar-refractivity contribution in [2.24, 2.45) is 11.3 Å². The SMILES string of the molecule is OCC1(C2CCN(CC34CC(c5ccccc53)c3ccccc34)CC2)CCCCC1. The van der Waals surface area contributed by atoms with E-state index in [9.17, 15) is 5.11 Å². The summed E-state index contributed by atoms with van der Waals surface area (Å²) in [6, 6.07) is 18.5. The largest absolute Gasteiger partial charge is 0.396 e. The fourth-order valence-corrected chi connectivity index (χ4v) is 7.85. The topological polar surface area (TPSA) is 23.5 Å². The third-order valence-electron chi connectivity index (χ3n) is 9.37. The first-order valence-electron chi connectivity index (χ1n) is 12.3. The normalized spacial score (nSPS) is 30.2. The van der Waals surface area contributed by atoms with Gasteiger partial charge in [-0.25, -0.2) is 0 Å². The molecule has 0 radical (unpaired) electrons. The number of fused-ring (bicyclic) bond motifs is 8. The summed E-state index contributed by atoms with van der Waals surface area (Å²) in [7, 11) is 0. The van der Waals surface area contributed by atoms with E-state index in [0.717, 1.165) is 12.5 Å². The van der Waals surface area contributed by atoms with E-state index in [0.29, 0.717) is 12.5 Å². The van der Waals surface area contributed by atoms with Crippen molar-refractivity contribution < 1.29 is 5.11 Å². The van der Waals surface area contributed by atoms with Crippen molar-refractivity contribution in [3.63, 3.8) is 0 Å². The van der Waals surface area contributed by atoms with Crippen molar-refractivity contribution in [3.8, 4) is 0 Å². The standard InChI is InChI=1S/C28H35NO/c30-20-27(14-6-1-7-15-27)21-12-16-29(17-13-21)19-28-18-24(22-8-2-4-10-25(22)28)23-9-3-5-11-26(23)28/h2-5,8-11,21,24,30H,1,6-7,12-20H2. The summed E-state index contributed by atoms with van der Waals surface area (Å²) in [5.41, 5.74) is 6.75. The van der Waals surface area contributed by atoms with Crippen molar-refractivity contribution in [2.75, 3.05) is 26.2 Å². The summed E-state index contributed by atoms with van der Waals surface area (Å²) >= 11 is 0. The molecule has 0 amide bonds. The highest BCUT2D eigenvalue weighted by atomic mass is 16.3. The Morgan fingerprint density at radius 1 is 0.833 bits per heavy atom. The molecule has 1 saturated heterocycles. The van der Waals surface area contributed by atoms with Crippen LogP contribution in [0.2, 0.25) is 0 Å². The number of rotatable bonds is 4. The summed E-state index contributed by atoms with van der Waals surface area (Å²) in [5.74, 6) is 1.31. The van der Waals surface area contributed by atoms with Crippen LogP contribution in [0.1, 0.15) is 79.5 Å². The van der Waals surface area contributed by atoms with E-state index in [2.05, 4.69) is 53.4 Å². The van der Waals surface area contributed by atoms with Crippen molar-refractivity contribution in [1.82, 2.24) is 4.90 Å². The van der Waals surface area contributed by atoms with Crippen LogP contribution in [0, 0.1) is 11.3 Å². The molecule has 2 bridgehead atoms. The van der Waals surface area contributed by atoms with E-state index < -0.39 is 0 Å². The van der Waals surface area contributed by atoms with Gasteiger partial charge in [0.25, 0.3) is 0 Å². The molecule has 158 valence electrons. The number of piperidine rings is 1. The molecule has 3 aliphatic carbocycles. The molecule has 6 rings (SSSR count). The lowest BCUT2D eigenvalue weighted by atomic mass is 9.63. The number of aliphatic hydroxyl groups excluding tert-OH is 1. The van der Waals surface area contributed by atoms with Crippen LogP contribution in [-0.4, -0.2) is 36.2 Å². The van der Waals surface area contributed by atoms with Gasteiger partial charge in [-0.1, -0.05) is 67.8 Å². The molecule has 2 nitrogen and oxygen atoms in total. The smallest absolute Gasteiger partial charge is 0.0490 e. The van der Waals surface area contributed by atoms with E-state index in [1.165, 1.54) is 64.5 Å². The molecule has 1 aliphatic heterocycles. The Balaban J connectivity index is 1.24. The lowest BCUT2D eigenvalue weighted by Crippen LogP contribution is -2.47. The monoisotopic (exact) mass is 401 g/mol. The van der Waals surface area contributed by atoms with Gasteiger partial charge in [0.1, 0.15) is 0 Å². The van der Waals surface area contributed by atoms with Gasteiger partial charge in [-0.15, -0.1) is 0 Å². The maximum atomic E-state index is 10.3. The Hall–Kier alpha value is -1.64. The molecule has 1 heterocycles. The third-order valence-corrected chi connectivity index (χ3v) is 9.37. The number of hydrogen-bond donors (Lipinski definition) is 1. The maximum absolute atomic E-state index is 10.3. The number of aliphatic hydroxyl groups is 1.